The first-order valence-corrected chi connectivity index (χ1v) is 11.9. The average molecular weight is 507 g/mol. The van der Waals surface area contributed by atoms with Gasteiger partial charge in [0.05, 0.1) is 18.4 Å². The lowest BCUT2D eigenvalue weighted by Gasteiger charge is -2.50. The van der Waals surface area contributed by atoms with Crippen molar-refractivity contribution in [2.24, 2.45) is 17.8 Å². The van der Waals surface area contributed by atoms with Crippen LogP contribution in [-0.4, -0.2) is 75.6 Å². The van der Waals surface area contributed by atoms with Gasteiger partial charge in [-0.25, -0.2) is 0 Å². The summed E-state index contributed by atoms with van der Waals surface area (Å²) < 4.78 is 5.44. The first-order valence-electron chi connectivity index (χ1n) is 11.1. The molecule has 2 aliphatic heterocycles. The van der Waals surface area contributed by atoms with Gasteiger partial charge in [-0.2, -0.15) is 0 Å². The lowest BCUT2D eigenvalue weighted by atomic mass is 9.56. The maximum absolute atomic E-state index is 13.4. The summed E-state index contributed by atoms with van der Waals surface area (Å²) in [6, 6.07) is 6.88. The number of aliphatic hydroxyl groups is 1. The summed E-state index contributed by atoms with van der Waals surface area (Å²) in [6.45, 7) is -0.00402. The van der Waals surface area contributed by atoms with Crippen LogP contribution in [0.15, 0.2) is 35.9 Å². The van der Waals surface area contributed by atoms with Gasteiger partial charge in [0.2, 0.25) is 11.8 Å². The third-order valence-electron chi connectivity index (χ3n) is 7.81. The Labute approximate surface area is 206 Å². The van der Waals surface area contributed by atoms with Crippen molar-refractivity contribution < 1.29 is 29.0 Å². The molecule has 1 aromatic rings. The predicted octanol–water partition coefficient (Wildman–Crippen LogP) is 1.68. The number of alkyl halides is 2. The minimum atomic E-state index is -1.79. The molecule has 2 heterocycles. The zero-order valence-electron chi connectivity index (χ0n) is 18.7. The Morgan fingerprint density at radius 1 is 1.00 bits per heavy atom. The molecule has 1 N–H and O–H groups in total. The van der Waals surface area contributed by atoms with Crippen LogP contribution in [0, 0.1) is 17.8 Å². The number of halogens is 2. The predicted molar refractivity (Wildman–Crippen MR) is 122 cm³/mol. The highest BCUT2D eigenvalue weighted by Gasteiger charge is 2.75. The van der Waals surface area contributed by atoms with Crippen molar-refractivity contribution in [1.29, 1.82) is 0 Å². The highest BCUT2D eigenvalue weighted by molar-refractivity contribution is 6.53. The second kappa shape index (κ2) is 7.80. The molecular formula is C24H24Cl2N2O6. The molecule has 0 radical (unpaired) electrons. The third-order valence-corrected chi connectivity index (χ3v) is 9.22. The molecule has 34 heavy (non-hydrogen) atoms. The number of benzene rings is 1. The largest absolute Gasteiger partial charge is 0.491 e. The molecule has 8 nitrogen and oxygen atoms in total. The van der Waals surface area contributed by atoms with Crippen molar-refractivity contribution in [2.75, 3.05) is 27.3 Å². The van der Waals surface area contributed by atoms with Gasteiger partial charge in [-0.15, -0.1) is 23.2 Å². The molecule has 180 valence electrons. The number of carbonyl (C=O) groups is 4. The van der Waals surface area contributed by atoms with Gasteiger partial charge < -0.3 is 9.84 Å². The van der Waals surface area contributed by atoms with Crippen LogP contribution in [-0.2, 0) is 19.2 Å². The standard InChI is InChI=1S/C24H24Cl2N2O6/c1-27-19(30)15-8-7-14-16(17(15)20(27)31)11-23(25)21(32)28(2)22(33)24(23,26)18(14)12-3-5-13(6-4-12)34-10-9-29/h3-7,15-18,29H,8-11H2,1-2H3. The molecular weight excluding hydrogens is 483 g/mol. The summed E-state index contributed by atoms with van der Waals surface area (Å²) in [4.78, 5) is 51.0. The second-order valence-electron chi connectivity index (χ2n) is 9.37. The van der Waals surface area contributed by atoms with E-state index in [2.05, 4.69) is 0 Å². The van der Waals surface area contributed by atoms with Crippen molar-refractivity contribution in [3.8, 4) is 5.75 Å². The number of carbonyl (C=O) groups excluding carboxylic acids is 4. The zero-order valence-corrected chi connectivity index (χ0v) is 20.2. The van der Waals surface area contributed by atoms with Crippen molar-refractivity contribution in [3.63, 3.8) is 0 Å². The van der Waals surface area contributed by atoms with E-state index < -0.39 is 45.2 Å². The number of ether oxygens (including phenoxy) is 1. The Balaban J connectivity index is 1.67. The number of likely N-dealkylation sites (tertiary alicyclic amines) is 2. The maximum Gasteiger partial charge on any atom is 0.253 e. The van der Waals surface area contributed by atoms with Crippen LogP contribution < -0.4 is 4.74 Å². The molecule has 2 saturated heterocycles. The van der Waals surface area contributed by atoms with Gasteiger partial charge in [0.15, 0.2) is 9.75 Å². The number of rotatable bonds is 4. The highest BCUT2D eigenvalue weighted by Crippen LogP contribution is 2.65. The smallest absolute Gasteiger partial charge is 0.253 e. The summed E-state index contributed by atoms with van der Waals surface area (Å²) in [5.41, 5.74) is 1.40. The Bertz CT molecular complexity index is 1140. The van der Waals surface area contributed by atoms with Crippen molar-refractivity contribution >= 4 is 46.8 Å². The van der Waals surface area contributed by atoms with E-state index in [1.807, 2.05) is 6.08 Å². The van der Waals surface area contributed by atoms with E-state index in [1.54, 1.807) is 24.3 Å². The first kappa shape index (κ1) is 23.3. The average Bonchev–Trinajstić information content (AvgIpc) is 3.13. The van der Waals surface area contributed by atoms with Gasteiger partial charge in [-0.05, 0) is 36.5 Å². The number of hydrogen-bond donors (Lipinski definition) is 1. The maximum atomic E-state index is 13.4. The van der Waals surface area contributed by atoms with Crippen LogP contribution in [0.1, 0.15) is 24.3 Å². The van der Waals surface area contributed by atoms with Gasteiger partial charge in [0.25, 0.3) is 11.8 Å². The first-order chi connectivity index (χ1) is 16.1. The number of fused-ring (bicyclic) bond motifs is 4. The van der Waals surface area contributed by atoms with E-state index >= 15 is 0 Å². The van der Waals surface area contributed by atoms with Crippen LogP contribution in [0.25, 0.3) is 0 Å². The number of amides is 4. The molecule has 1 saturated carbocycles. The molecule has 4 amide bonds. The number of aliphatic hydroxyl groups excluding tert-OH is 1. The summed E-state index contributed by atoms with van der Waals surface area (Å²) in [5.74, 6) is -3.69. The van der Waals surface area contributed by atoms with E-state index in [0.29, 0.717) is 17.7 Å². The molecule has 6 unspecified atom stereocenters. The topological polar surface area (TPSA) is 104 Å². The zero-order chi connectivity index (χ0) is 24.6. The molecule has 0 bridgehead atoms. The van der Waals surface area contributed by atoms with Gasteiger partial charge in [-0.1, -0.05) is 23.8 Å². The monoisotopic (exact) mass is 506 g/mol. The fourth-order valence-electron chi connectivity index (χ4n) is 6.20. The van der Waals surface area contributed by atoms with Crippen LogP contribution in [0.4, 0.5) is 0 Å². The van der Waals surface area contributed by atoms with Crippen LogP contribution in [0.5, 0.6) is 5.75 Å². The van der Waals surface area contributed by atoms with Crippen LogP contribution in [0.2, 0.25) is 0 Å². The Morgan fingerprint density at radius 2 is 1.68 bits per heavy atom. The molecule has 2 aliphatic carbocycles. The van der Waals surface area contributed by atoms with E-state index in [-0.39, 0.29) is 31.4 Å². The lowest BCUT2D eigenvalue weighted by molar-refractivity contribution is -0.140. The highest BCUT2D eigenvalue weighted by atomic mass is 35.5. The SMILES string of the molecule is CN1C(=O)C2CC=C3C(CC4(Cl)C(=O)N(C)C(=O)C4(Cl)C3c3ccc(OCCO)cc3)C2C1=O. The summed E-state index contributed by atoms with van der Waals surface area (Å²) >= 11 is 14.1. The fraction of sp³-hybridized carbons (Fsp3) is 0.500. The molecule has 5 rings (SSSR count). The number of imide groups is 2. The number of nitrogens with zero attached hydrogens (tertiary/aromatic N) is 2. The molecule has 4 aliphatic rings. The minimum absolute atomic E-state index is 0.0129. The van der Waals surface area contributed by atoms with Crippen LogP contribution in [0.3, 0.4) is 0 Å². The lowest BCUT2D eigenvalue weighted by Crippen LogP contribution is -2.60. The van der Waals surface area contributed by atoms with Gasteiger partial charge in [0.1, 0.15) is 12.4 Å². The number of hydrogen-bond acceptors (Lipinski definition) is 6. The summed E-state index contributed by atoms with van der Waals surface area (Å²) in [6.07, 6.45) is 2.23. The normalized spacial score (nSPS) is 36.9. The Hall–Kier alpha value is -2.42. The minimum Gasteiger partial charge on any atom is -0.491 e. The van der Waals surface area contributed by atoms with E-state index in [9.17, 15) is 19.2 Å². The summed E-state index contributed by atoms with van der Waals surface area (Å²) in [7, 11) is 2.83. The Kier molecular flexibility index (Phi) is 5.35. The van der Waals surface area contributed by atoms with Crippen molar-refractivity contribution in [3.05, 3.63) is 41.5 Å². The molecule has 3 fully saturated rings. The van der Waals surface area contributed by atoms with Crippen molar-refractivity contribution in [1.82, 2.24) is 9.80 Å². The quantitative estimate of drug-likeness (QED) is 0.378. The molecule has 6 atom stereocenters. The second-order valence-corrected chi connectivity index (χ2v) is 10.6. The molecule has 0 spiro atoms. The van der Waals surface area contributed by atoms with E-state index in [0.717, 1.165) is 15.4 Å². The molecule has 0 aromatic heterocycles. The number of allylic oxidation sites excluding steroid dienone is 2. The van der Waals surface area contributed by atoms with Gasteiger partial charge in [-0.3, -0.25) is 29.0 Å². The van der Waals surface area contributed by atoms with Crippen molar-refractivity contribution in [2.45, 2.75) is 28.5 Å². The Morgan fingerprint density at radius 3 is 2.32 bits per heavy atom. The van der Waals surface area contributed by atoms with Crippen LogP contribution >= 0.6 is 23.2 Å². The molecule has 1 aromatic carbocycles. The van der Waals surface area contributed by atoms with Gasteiger partial charge >= 0.3 is 0 Å². The van der Waals surface area contributed by atoms with Gasteiger partial charge in [0, 0.05) is 20.0 Å². The fourth-order valence-corrected chi connectivity index (χ4v) is 7.21. The summed E-state index contributed by atoms with van der Waals surface area (Å²) in [5, 5.41) is 9.00. The third kappa shape index (κ3) is 2.82. The van der Waals surface area contributed by atoms with E-state index in [1.165, 1.54) is 14.1 Å². The van der Waals surface area contributed by atoms with E-state index in [4.69, 9.17) is 33.0 Å². The molecule has 10 heteroatoms.